The monoisotopic (exact) mass is 285 g/mol. The average Bonchev–Trinajstić information content (AvgIpc) is 2.60. The number of hydrogen-bond donors (Lipinski definition) is 2. The second-order valence-electron chi connectivity index (χ2n) is 5.56. The van der Waals surface area contributed by atoms with Gasteiger partial charge in [-0.1, -0.05) is 0 Å². The zero-order valence-corrected chi connectivity index (χ0v) is 13.1. The average molecular weight is 285 g/mol. The molecule has 0 aromatic carbocycles. The molecule has 0 spiro atoms. The molecule has 1 amide bonds. The second-order valence-corrected chi connectivity index (χ2v) is 6.50. The number of thiazole rings is 1. The van der Waals surface area contributed by atoms with Crippen LogP contribution in [-0.4, -0.2) is 29.3 Å². The van der Waals surface area contributed by atoms with Gasteiger partial charge in [0, 0.05) is 30.2 Å². The molecule has 0 aliphatic carbocycles. The molecule has 108 valence electrons. The van der Waals surface area contributed by atoms with E-state index in [0.29, 0.717) is 6.54 Å². The summed E-state index contributed by atoms with van der Waals surface area (Å²) in [7, 11) is 0. The van der Waals surface area contributed by atoms with Crippen LogP contribution in [0.3, 0.4) is 0 Å². The molecule has 1 aromatic rings. The maximum atomic E-state index is 11.5. The summed E-state index contributed by atoms with van der Waals surface area (Å²) in [6.07, 6.45) is -0.383. The molecule has 19 heavy (non-hydrogen) atoms. The highest BCUT2D eigenvalue weighted by Crippen LogP contribution is 2.08. The van der Waals surface area contributed by atoms with Crippen molar-refractivity contribution in [1.82, 2.24) is 15.6 Å². The van der Waals surface area contributed by atoms with Crippen molar-refractivity contribution >= 4 is 17.4 Å². The van der Waals surface area contributed by atoms with E-state index in [1.54, 1.807) is 11.3 Å². The number of rotatable bonds is 5. The number of carbonyl (C=O) groups is 1. The first-order valence-corrected chi connectivity index (χ1v) is 7.25. The number of carbonyl (C=O) groups excluding carboxylic acids is 1. The van der Waals surface area contributed by atoms with Crippen molar-refractivity contribution in [3.8, 4) is 0 Å². The number of nitrogens with one attached hydrogen (secondary N) is 2. The van der Waals surface area contributed by atoms with Crippen LogP contribution in [0.2, 0.25) is 0 Å². The molecule has 1 aromatic heterocycles. The van der Waals surface area contributed by atoms with Gasteiger partial charge in [0.15, 0.2) is 0 Å². The number of ether oxygens (including phenoxy) is 1. The quantitative estimate of drug-likeness (QED) is 0.872. The topological polar surface area (TPSA) is 63.2 Å². The van der Waals surface area contributed by atoms with E-state index in [1.165, 1.54) is 0 Å². The Morgan fingerprint density at radius 3 is 2.74 bits per heavy atom. The molecule has 1 unspecified atom stereocenters. The van der Waals surface area contributed by atoms with Gasteiger partial charge in [-0.15, -0.1) is 11.3 Å². The lowest BCUT2D eigenvalue weighted by atomic mass is 10.2. The van der Waals surface area contributed by atoms with Crippen LogP contribution in [0.25, 0.3) is 0 Å². The van der Waals surface area contributed by atoms with Gasteiger partial charge in [0.2, 0.25) is 0 Å². The van der Waals surface area contributed by atoms with E-state index in [4.69, 9.17) is 4.74 Å². The summed E-state index contributed by atoms with van der Waals surface area (Å²) in [4.78, 5) is 15.9. The zero-order chi connectivity index (χ0) is 14.5. The van der Waals surface area contributed by atoms with Crippen LogP contribution in [0.4, 0.5) is 4.79 Å². The largest absolute Gasteiger partial charge is 0.444 e. The van der Waals surface area contributed by atoms with Crippen molar-refractivity contribution in [2.75, 3.05) is 6.54 Å². The molecule has 0 aliphatic heterocycles. The van der Waals surface area contributed by atoms with E-state index < -0.39 is 5.60 Å². The lowest BCUT2D eigenvalue weighted by Crippen LogP contribution is -2.42. The summed E-state index contributed by atoms with van der Waals surface area (Å²) in [6.45, 7) is 10.9. The fourth-order valence-electron chi connectivity index (χ4n) is 1.44. The number of amides is 1. The minimum absolute atomic E-state index is 0.0101. The molecule has 6 heteroatoms. The first-order chi connectivity index (χ1) is 8.76. The zero-order valence-electron chi connectivity index (χ0n) is 12.2. The molecule has 1 rings (SSSR count). The summed E-state index contributed by atoms with van der Waals surface area (Å²) < 4.78 is 5.19. The van der Waals surface area contributed by atoms with Crippen LogP contribution >= 0.6 is 11.3 Å². The number of aromatic nitrogens is 1. The highest BCUT2D eigenvalue weighted by molar-refractivity contribution is 7.09. The summed E-state index contributed by atoms with van der Waals surface area (Å²) >= 11 is 1.64. The van der Waals surface area contributed by atoms with Gasteiger partial charge in [-0.2, -0.15) is 0 Å². The third-order valence-electron chi connectivity index (χ3n) is 2.16. The van der Waals surface area contributed by atoms with Crippen molar-refractivity contribution < 1.29 is 9.53 Å². The molecule has 2 N–H and O–H groups in total. The first-order valence-electron chi connectivity index (χ1n) is 6.37. The predicted octanol–water partition coefficient (Wildman–Crippen LogP) is 2.45. The van der Waals surface area contributed by atoms with Gasteiger partial charge in [0.25, 0.3) is 0 Å². The van der Waals surface area contributed by atoms with Crippen LogP contribution in [-0.2, 0) is 11.3 Å². The Balaban J connectivity index is 2.21. The Morgan fingerprint density at radius 1 is 1.53 bits per heavy atom. The van der Waals surface area contributed by atoms with Gasteiger partial charge in [-0.25, -0.2) is 9.78 Å². The lowest BCUT2D eigenvalue weighted by molar-refractivity contribution is 0.0508. The fourth-order valence-corrected chi connectivity index (χ4v) is 2.18. The van der Waals surface area contributed by atoms with Crippen LogP contribution < -0.4 is 10.6 Å². The molecule has 0 radical (unpaired) electrons. The number of nitrogens with zero attached hydrogens (tertiary/aromatic N) is 1. The Hall–Kier alpha value is -1.14. The van der Waals surface area contributed by atoms with Crippen LogP contribution in [0, 0.1) is 6.92 Å². The second kappa shape index (κ2) is 6.86. The molecule has 0 aliphatic rings. The summed E-state index contributed by atoms with van der Waals surface area (Å²) in [5.41, 5.74) is 0.581. The standard InChI is InChI=1S/C13H23N3O2S/c1-9(16-12(17)18-13(3,4)5)6-14-7-11-15-10(2)8-19-11/h8-9,14H,6-7H2,1-5H3,(H,16,17). The summed E-state index contributed by atoms with van der Waals surface area (Å²) in [6, 6.07) is 0.0101. The van der Waals surface area contributed by atoms with E-state index in [9.17, 15) is 4.79 Å². The molecule has 1 heterocycles. The Bertz CT molecular complexity index is 412. The van der Waals surface area contributed by atoms with Gasteiger partial charge < -0.3 is 15.4 Å². The molecule has 5 nitrogen and oxygen atoms in total. The first kappa shape index (κ1) is 15.9. The van der Waals surface area contributed by atoms with Crippen LogP contribution in [0.5, 0.6) is 0 Å². The number of aryl methyl sites for hydroxylation is 1. The van der Waals surface area contributed by atoms with Crippen molar-refractivity contribution in [2.24, 2.45) is 0 Å². The third kappa shape index (κ3) is 7.12. The van der Waals surface area contributed by atoms with Crippen LogP contribution in [0.1, 0.15) is 38.4 Å². The fraction of sp³-hybridized carbons (Fsp3) is 0.692. The smallest absolute Gasteiger partial charge is 0.407 e. The van der Waals surface area contributed by atoms with E-state index >= 15 is 0 Å². The SMILES string of the molecule is Cc1csc(CNCC(C)NC(=O)OC(C)(C)C)n1. The van der Waals surface area contributed by atoms with Gasteiger partial charge in [-0.3, -0.25) is 0 Å². The normalized spacial score (nSPS) is 13.1. The highest BCUT2D eigenvalue weighted by Gasteiger charge is 2.17. The number of hydrogen-bond acceptors (Lipinski definition) is 5. The minimum atomic E-state index is -0.463. The predicted molar refractivity (Wildman–Crippen MR) is 77.4 cm³/mol. The van der Waals surface area contributed by atoms with E-state index in [1.807, 2.05) is 40.0 Å². The molecule has 0 saturated carbocycles. The third-order valence-corrected chi connectivity index (χ3v) is 3.12. The highest BCUT2D eigenvalue weighted by atomic mass is 32.1. The van der Waals surface area contributed by atoms with Crippen molar-refractivity contribution in [3.63, 3.8) is 0 Å². The molecule has 0 fully saturated rings. The Labute approximate surface area is 118 Å². The van der Waals surface area contributed by atoms with E-state index in [2.05, 4.69) is 15.6 Å². The lowest BCUT2D eigenvalue weighted by Gasteiger charge is -2.22. The Kier molecular flexibility index (Phi) is 5.75. The summed E-state index contributed by atoms with van der Waals surface area (Å²) in [5, 5.41) is 9.13. The van der Waals surface area contributed by atoms with Gasteiger partial charge in [-0.05, 0) is 34.6 Å². The summed E-state index contributed by atoms with van der Waals surface area (Å²) in [5.74, 6) is 0. The maximum absolute atomic E-state index is 11.5. The number of alkyl carbamates (subject to hydrolysis) is 1. The van der Waals surface area contributed by atoms with E-state index in [-0.39, 0.29) is 12.1 Å². The Morgan fingerprint density at radius 2 is 2.21 bits per heavy atom. The maximum Gasteiger partial charge on any atom is 0.407 e. The van der Waals surface area contributed by atoms with Crippen LogP contribution in [0.15, 0.2) is 5.38 Å². The van der Waals surface area contributed by atoms with Gasteiger partial charge in [0.05, 0.1) is 0 Å². The van der Waals surface area contributed by atoms with Crippen molar-refractivity contribution in [3.05, 3.63) is 16.1 Å². The van der Waals surface area contributed by atoms with Gasteiger partial charge in [0.1, 0.15) is 10.6 Å². The van der Waals surface area contributed by atoms with Crippen molar-refractivity contribution in [2.45, 2.75) is 52.8 Å². The van der Waals surface area contributed by atoms with E-state index in [0.717, 1.165) is 17.2 Å². The molecule has 0 saturated heterocycles. The van der Waals surface area contributed by atoms with Crippen molar-refractivity contribution in [1.29, 1.82) is 0 Å². The molecular weight excluding hydrogens is 262 g/mol. The molecular formula is C13H23N3O2S. The molecule has 0 bridgehead atoms. The minimum Gasteiger partial charge on any atom is -0.444 e. The van der Waals surface area contributed by atoms with Gasteiger partial charge >= 0.3 is 6.09 Å². The molecule has 1 atom stereocenters.